The number of carbonyl (C=O) groups is 1. The van der Waals surface area contributed by atoms with E-state index in [2.05, 4.69) is 11.8 Å². The summed E-state index contributed by atoms with van der Waals surface area (Å²) >= 11 is 0. The summed E-state index contributed by atoms with van der Waals surface area (Å²) < 4.78 is 0. The van der Waals surface area contributed by atoms with Crippen molar-refractivity contribution in [3.63, 3.8) is 0 Å². The Morgan fingerprint density at radius 3 is 2.69 bits per heavy atom. The Labute approximate surface area is 79.7 Å². The lowest BCUT2D eigenvalue weighted by Gasteiger charge is -2.27. The third-order valence-corrected chi connectivity index (χ3v) is 2.35. The van der Waals surface area contributed by atoms with Gasteiger partial charge < -0.3 is 15.5 Å². The molecule has 2 unspecified atom stereocenters. The molecule has 13 heavy (non-hydrogen) atoms. The van der Waals surface area contributed by atoms with E-state index in [0.29, 0.717) is 13.0 Å². The van der Waals surface area contributed by atoms with Crippen LogP contribution in [0.1, 0.15) is 13.3 Å². The summed E-state index contributed by atoms with van der Waals surface area (Å²) in [6.07, 6.45) is 0.512. The minimum absolute atomic E-state index is 0.0390. The highest BCUT2D eigenvalue weighted by Crippen LogP contribution is 2.12. The molecule has 0 aromatic heterocycles. The van der Waals surface area contributed by atoms with Crippen molar-refractivity contribution in [3.05, 3.63) is 0 Å². The largest absolute Gasteiger partial charge is 0.337 e. The number of hydrogen-bond donors (Lipinski definition) is 1. The van der Waals surface area contributed by atoms with Crippen LogP contribution in [0.4, 0.5) is 0 Å². The summed E-state index contributed by atoms with van der Waals surface area (Å²) in [6.45, 7) is 3.68. The van der Waals surface area contributed by atoms with Crippen molar-refractivity contribution >= 4 is 5.91 Å². The van der Waals surface area contributed by atoms with Crippen molar-refractivity contribution in [1.82, 2.24) is 9.80 Å². The molecule has 1 saturated heterocycles. The summed E-state index contributed by atoms with van der Waals surface area (Å²) in [5, 5.41) is 0. The Balaban J connectivity index is 2.47. The first-order valence-electron chi connectivity index (χ1n) is 4.70. The molecule has 0 aliphatic carbocycles. The van der Waals surface area contributed by atoms with Crippen LogP contribution in [0.15, 0.2) is 0 Å². The first-order valence-corrected chi connectivity index (χ1v) is 4.70. The fraction of sp³-hybridized carbons (Fsp3) is 0.889. The van der Waals surface area contributed by atoms with Gasteiger partial charge in [0.05, 0.1) is 0 Å². The first-order chi connectivity index (χ1) is 6.00. The fourth-order valence-electron chi connectivity index (χ4n) is 1.81. The van der Waals surface area contributed by atoms with E-state index in [1.54, 1.807) is 0 Å². The number of hydrogen-bond acceptors (Lipinski definition) is 3. The van der Waals surface area contributed by atoms with Gasteiger partial charge in [-0.05, 0) is 21.0 Å². The molecular weight excluding hydrogens is 166 g/mol. The number of likely N-dealkylation sites (tertiary alicyclic amines) is 1. The second kappa shape index (κ2) is 4.07. The van der Waals surface area contributed by atoms with Crippen LogP contribution in [0.5, 0.6) is 0 Å². The van der Waals surface area contributed by atoms with Crippen LogP contribution < -0.4 is 5.73 Å². The molecule has 1 fully saturated rings. The smallest absolute Gasteiger partial charge is 0.224 e. The average Bonchev–Trinajstić information content (AvgIpc) is 2.28. The normalized spacial score (nSPS) is 25.8. The van der Waals surface area contributed by atoms with E-state index in [1.807, 2.05) is 19.0 Å². The summed E-state index contributed by atoms with van der Waals surface area (Å²) in [5.74, 6) is 0.196. The Bertz CT molecular complexity index is 193. The molecule has 0 bridgehead atoms. The maximum atomic E-state index is 11.4. The third kappa shape index (κ3) is 2.67. The van der Waals surface area contributed by atoms with Gasteiger partial charge in [0, 0.05) is 31.6 Å². The molecule has 1 aliphatic rings. The second-order valence-corrected chi connectivity index (χ2v) is 4.12. The zero-order valence-corrected chi connectivity index (χ0v) is 8.66. The molecule has 0 saturated carbocycles. The van der Waals surface area contributed by atoms with Gasteiger partial charge in [-0.3, -0.25) is 4.79 Å². The highest BCUT2D eigenvalue weighted by Gasteiger charge is 2.30. The van der Waals surface area contributed by atoms with Gasteiger partial charge in [0.15, 0.2) is 0 Å². The van der Waals surface area contributed by atoms with Crippen molar-refractivity contribution in [1.29, 1.82) is 0 Å². The van der Waals surface area contributed by atoms with E-state index in [4.69, 9.17) is 5.73 Å². The van der Waals surface area contributed by atoms with Crippen LogP contribution in [0, 0.1) is 0 Å². The van der Waals surface area contributed by atoms with Crippen molar-refractivity contribution in [2.75, 3.05) is 27.2 Å². The summed E-state index contributed by atoms with van der Waals surface area (Å²) in [5.41, 5.74) is 5.71. The summed E-state index contributed by atoms with van der Waals surface area (Å²) in [6, 6.07) is 0.313. The lowest BCUT2D eigenvalue weighted by atomic mass is 10.3. The van der Waals surface area contributed by atoms with E-state index in [9.17, 15) is 4.79 Å². The highest BCUT2D eigenvalue weighted by molar-refractivity contribution is 5.79. The zero-order chi connectivity index (χ0) is 10.0. The average molecular weight is 185 g/mol. The van der Waals surface area contributed by atoms with Gasteiger partial charge in [0.1, 0.15) is 0 Å². The number of rotatable bonds is 3. The molecular formula is C9H19N3O. The lowest BCUT2D eigenvalue weighted by molar-refractivity contribution is -0.129. The Morgan fingerprint density at radius 1 is 1.69 bits per heavy atom. The van der Waals surface area contributed by atoms with Crippen molar-refractivity contribution in [2.45, 2.75) is 25.4 Å². The van der Waals surface area contributed by atoms with Gasteiger partial charge in [0.25, 0.3) is 0 Å². The minimum Gasteiger partial charge on any atom is -0.337 e. The minimum atomic E-state index is 0.0390. The molecule has 0 spiro atoms. The topological polar surface area (TPSA) is 49.6 Å². The molecule has 0 aromatic rings. The second-order valence-electron chi connectivity index (χ2n) is 4.12. The predicted molar refractivity (Wildman–Crippen MR) is 52.3 cm³/mol. The third-order valence-electron chi connectivity index (χ3n) is 2.35. The van der Waals surface area contributed by atoms with Gasteiger partial charge in [-0.15, -0.1) is 0 Å². The predicted octanol–water partition coefficient (Wildman–Crippen LogP) is -0.504. The molecule has 4 nitrogen and oxygen atoms in total. The van der Waals surface area contributed by atoms with Crippen LogP contribution in [0.2, 0.25) is 0 Å². The molecule has 2 atom stereocenters. The summed E-state index contributed by atoms with van der Waals surface area (Å²) in [7, 11) is 4.02. The Morgan fingerprint density at radius 2 is 2.31 bits per heavy atom. The van der Waals surface area contributed by atoms with E-state index in [0.717, 1.165) is 6.54 Å². The standard InChI is InChI=1S/C9H19N3O/c1-7(5-11(2)3)12-6-8(10)4-9(12)13/h7-8H,4-6,10H2,1-3H3. The SMILES string of the molecule is CC(CN(C)C)N1CC(N)CC1=O. The maximum absolute atomic E-state index is 11.4. The van der Waals surface area contributed by atoms with Crippen LogP contribution in [-0.4, -0.2) is 55.0 Å². The number of carbonyl (C=O) groups excluding carboxylic acids is 1. The van der Waals surface area contributed by atoms with E-state index in [1.165, 1.54) is 0 Å². The van der Waals surface area contributed by atoms with E-state index < -0.39 is 0 Å². The van der Waals surface area contributed by atoms with Crippen molar-refractivity contribution < 1.29 is 4.79 Å². The van der Waals surface area contributed by atoms with Gasteiger partial charge in [0.2, 0.25) is 5.91 Å². The number of nitrogens with two attached hydrogens (primary N) is 1. The number of amides is 1. The van der Waals surface area contributed by atoms with Gasteiger partial charge in [-0.2, -0.15) is 0 Å². The van der Waals surface area contributed by atoms with Crippen LogP contribution in [0.3, 0.4) is 0 Å². The van der Waals surface area contributed by atoms with Crippen LogP contribution in [0.25, 0.3) is 0 Å². The first kappa shape index (κ1) is 10.5. The molecule has 0 radical (unpaired) electrons. The molecule has 76 valence electrons. The van der Waals surface area contributed by atoms with Gasteiger partial charge in [-0.25, -0.2) is 0 Å². The summed E-state index contributed by atoms with van der Waals surface area (Å²) in [4.78, 5) is 15.4. The molecule has 1 heterocycles. The molecule has 0 aromatic carbocycles. The van der Waals surface area contributed by atoms with Crippen molar-refractivity contribution in [2.24, 2.45) is 5.73 Å². The molecule has 2 N–H and O–H groups in total. The van der Waals surface area contributed by atoms with Crippen LogP contribution >= 0.6 is 0 Å². The van der Waals surface area contributed by atoms with Gasteiger partial charge in [-0.1, -0.05) is 0 Å². The Kier molecular flexibility index (Phi) is 3.27. The quantitative estimate of drug-likeness (QED) is 0.644. The van der Waals surface area contributed by atoms with E-state index in [-0.39, 0.29) is 18.0 Å². The fourth-order valence-corrected chi connectivity index (χ4v) is 1.81. The Hall–Kier alpha value is -0.610. The maximum Gasteiger partial charge on any atom is 0.224 e. The molecule has 1 aliphatic heterocycles. The van der Waals surface area contributed by atoms with Gasteiger partial charge >= 0.3 is 0 Å². The lowest BCUT2D eigenvalue weighted by Crippen LogP contribution is -2.41. The zero-order valence-electron chi connectivity index (χ0n) is 8.66. The molecule has 1 rings (SSSR count). The molecule has 4 heteroatoms. The highest BCUT2D eigenvalue weighted by atomic mass is 16.2. The van der Waals surface area contributed by atoms with E-state index >= 15 is 0 Å². The monoisotopic (exact) mass is 185 g/mol. The van der Waals surface area contributed by atoms with Crippen molar-refractivity contribution in [3.8, 4) is 0 Å². The molecule has 1 amide bonds. The number of likely N-dealkylation sites (N-methyl/N-ethyl adjacent to an activating group) is 1. The van der Waals surface area contributed by atoms with Crippen LogP contribution in [-0.2, 0) is 4.79 Å². The number of nitrogens with zero attached hydrogens (tertiary/aromatic N) is 2.